The van der Waals surface area contributed by atoms with Crippen LogP contribution in [0.15, 0.2) is 6.07 Å². The summed E-state index contributed by atoms with van der Waals surface area (Å²) in [5.41, 5.74) is 1.85. The highest BCUT2D eigenvalue weighted by Crippen LogP contribution is 2.28. The number of likely N-dealkylation sites (N-methyl/N-ethyl adjacent to an activating group) is 1. The van der Waals surface area contributed by atoms with E-state index in [4.69, 9.17) is 4.74 Å². The van der Waals surface area contributed by atoms with Crippen LogP contribution in [0.1, 0.15) is 18.2 Å². The van der Waals surface area contributed by atoms with Gasteiger partial charge in [-0.05, 0) is 18.5 Å². The van der Waals surface area contributed by atoms with Crippen molar-refractivity contribution in [3.63, 3.8) is 0 Å². The van der Waals surface area contributed by atoms with Crippen molar-refractivity contribution in [2.75, 3.05) is 26.7 Å². The number of methoxy groups -OCH3 is 1. The van der Waals surface area contributed by atoms with Crippen LogP contribution in [0.25, 0.3) is 0 Å². The van der Waals surface area contributed by atoms with E-state index in [0.717, 1.165) is 43.7 Å². The van der Waals surface area contributed by atoms with Crippen molar-refractivity contribution in [3.05, 3.63) is 27.4 Å². The summed E-state index contributed by atoms with van der Waals surface area (Å²) >= 11 is 0. The molecule has 18 heavy (non-hydrogen) atoms. The molecule has 1 aliphatic heterocycles. The highest BCUT2D eigenvalue weighted by molar-refractivity contribution is 5.46. The van der Waals surface area contributed by atoms with E-state index < -0.39 is 4.92 Å². The molecule has 1 aromatic rings. The van der Waals surface area contributed by atoms with Gasteiger partial charge in [-0.3, -0.25) is 10.1 Å². The molecule has 0 unspecified atom stereocenters. The summed E-state index contributed by atoms with van der Waals surface area (Å²) < 4.78 is 5.00. The molecule has 0 saturated carbocycles. The Bertz CT molecular complexity index is 462. The summed E-state index contributed by atoms with van der Waals surface area (Å²) in [6.45, 7) is 4.98. The normalized spacial score (nSPS) is 15.9. The van der Waals surface area contributed by atoms with Gasteiger partial charge in [-0.1, -0.05) is 6.92 Å². The molecule has 2 rings (SSSR count). The van der Waals surface area contributed by atoms with Gasteiger partial charge in [-0.25, -0.2) is 4.98 Å². The van der Waals surface area contributed by atoms with Gasteiger partial charge in [0.05, 0.1) is 12.0 Å². The minimum atomic E-state index is -0.436. The van der Waals surface area contributed by atoms with Crippen LogP contribution in [-0.4, -0.2) is 41.6 Å². The van der Waals surface area contributed by atoms with Crippen LogP contribution in [-0.2, 0) is 12.8 Å². The maximum atomic E-state index is 10.9. The molecule has 98 valence electrons. The highest BCUT2D eigenvalue weighted by atomic mass is 16.6. The predicted molar refractivity (Wildman–Crippen MR) is 67.0 cm³/mol. The average molecular weight is 251 g/mol. The van der Waals surface area contributed by atoms with Crippen LogP contribution < -0.4 is 4.74 Å². The molecule has 0 spiro atoms. The summed E-state index contributed by atoms with van der Waals surface area (Å²) in [6, 6.07) is 1.61. The van der Waals surface area contributed by atoms with Gasteiger partial charge >= 0.3 is 5.69 Å². The molecule has 0 atom stereocenters. The average Bonchev–Trinajstić information content (AvgIpc) is 2.58. The van der Waals surface area contributed by atoms with Crippen LogP contribution in [0, 0.1) is 10.1 Å². The third-order valence-corrected chi connectivity index (χ3v) is 3.34. The molecule has 0 aliphatic carbocycles. The lowest BCUT2D eigenvalue weighted by Gasteiger charge is -2.15. The Balaban J connectivity index is 2.37. The largest absolute Gasteiger partial charge is 0.476 e. The number of rotatable bonds is 3. The van der Waals surface area contributed by atoms with Gasteiger partial charge in [0, 0.05) is 31.3 Å². The first-order valence-electron chi connectivity index (χ1n) is 6.09. The van der Waals surface area contributed by atoms with E-state index in [9.17, 15) is 10.1 Å². The summed E-state index contributed by atoms with van der Waals surface area (Å²) in [4.78, 5) is 17.1. The van der Waals surface area contributed by atoms with Crippen molar-refractivity contribution in [1.82, 2.24) is 9.88 Å². The number of pyridine rings is 1. The van der Waals surface area contributed by atoms with Crippen molar-refractivity contribution in [3.8, 4) is 5.88 Å². The van der Waals surface area contributed by atoms with Gasteiger partial charge in [-0.2, -0.15) is 0 Å². The smallest absolute Gasteiger partial charge is 0.331 e. The first-order chi connectivity index (χ1) is 8.65. The first kappa shape index (κ1) is 12.8. The predicted octanol–water partition coefficient (Wildman–Crippen LogP) is 1.42. The summed E-state index contributed by atoms with van der Waals surface area (Å²) in [6.07, 6.45) is 1.62. The lowest BCUT2D eigenvalue weighted by atomic mass is 10.1. The highest BCUT2D eigenvalue weighted by Gasteiger charge is 2.22. The Morgan fingerprint density at radius 3 is 2.83 bits per heavy atom. The quantitative estimate of drug-likeness (QED) is 0.600. The van der Waals surface area contributed by atoms with Gasteiger partial charge in [0.15, 0.2) is 0 Å². The van der Waals surface area contributed by atoms with E-state index in [0.29, 0.717) is 0 Å². The Kier molecular flexibility index (Phi) is 3.76. The van der Waals surface area contributed by atoms with Crippen LogP contribution in [0.5, 0.6) is 5.88 Å². The first-order valence-corrected chi connectivity index (χ1v) is 6.09. The van der Waals surface area contributed by atoms with Gasteiger partial charge in [0.25, 0.3) is 5.88 Å². The van der Waals surface area contributed by atoms with Gasteiger partial charge < -0.3 is 9.64 Å². The van der Waals surface area contributed by atoms with E-state index in [1.165, 1.54) is 7.11 Å². The van der Waals surface area contributed by atoms with Crippen molar-refractivity contribution in [2.24, 2.45) is 0 Å². The fraction of sp³-hybridized carbons (Fsp3) is 0.583. The molecular formula is C12H17N3O3. The molecule has 1 aromatic heterocycles. The molecule has 0 saturated heterocycles. The number of aromatic nitrogens is 1. The van der Waals surface area contributed by atoms with Crippen molar-refractivity contribution in [2.45, 2.75) is 19.8 Å². The number of nitro groups is 1. The zero-order valence-corrected chi connectivity index (χ0v) is 10.7. The Labute approximate surface area is 106 Å². The third-order valence-electron chi connectivity index (χ3n) is 3.34. The van der Waals surface area contributed by atoms with Crippen molar-refractivity contribution < 1.29 is 9.66 Å². The minimum absolute atomic E-state index is 0.0406. The molecule has 2 heterocycles. The van der Waals surface area contributed by atoms with E-state index in [2.05, 4.69) is 16.8 Å². The summed E-state index contributed by atoms with van der Waals surface area (Å²) in [5, 5.41) is 10.9. The number of hydrogen-bond donors (Lipinski definition) is 0. The molecule has 0 radical (unpaired) electrons. The molecule has 0 N–H and O–H groups in total. The zero-order chi connectivity index (χ0) is 13.1. The number of ether oxygens (including phenoxy) is 1. The van der Waals surface area contributed by atoms with Gasteiger partial charge in [-0.15, -0.1) is 0 Å². The fourth-order valence-corrected chi connectivity index (χ4v) is 2.25. The van der Waals surface area contributed by atoms with E-state index in [1.807, 2.05) is 0 Å². The van der Waals surface area contributed by atoms with Gasteiger partial charge in [0.2, 0.25) is 0 Å². The van der Waals surface area contributed by atoms with Crippen LogP contribution in [0.4, 0.5) is 5.69 Å². The maximum Gasteiger partial charge on any atom is 0.331 e. The lowest BCUT2D eigenvalue weighted by Crippen LogP contribution is -2.25. The maximum absolute atomic E-state index is 10.9. The second kappa shape index (κ2) is 5.30. The van der Waals surface area contributed by atoms with Crippen LogP contribution >= 0.6 is 0 Å². The number of fused-ring (bicyclic) bond motifs is 1. The molecule has 0 aromatic carbocycles. The van der Waals surface area contributed by atoms with E-state index in [1.54, 1.807) is 6.07 Å². The van der Waals surface area contributed by atoms with E-state index >= 15 is 0 Å². The third kappa shape index (κ3) is 2.43. The standard InChI is InChI=1S/C12H17N3O3/c1-3-14-6-4-9-8-11(15(16)17)12(18-2)13-10(9)5-7-14/h8H,3-7H2,1-2H3. The Hall–Kier alpha value is -1.69. The van der Waals surface area contributed by atoms with E-state index in [-0.39, 0.29) is 11.6 Å². The SMILES string of the molecule is CCN1CCc2cc([N+](=O)[O-])c(OC)nc2CC1. The molecule has 0 amide bonds. The molecule has 0 fully saturated rings. The number of hydrogen-bond acceptors (Lipinski definition) is 5. The molecule has 0 bridgehead atoms. The summed E-state index contributed by atoms with van der Waals surface area (Å²) in [5.74, 6) is 0.115. The fourth-order valence-electron chi connectivity index (χ4n) is 2.25. The minimum Gasteiger partial charge on any atom is -0.476 e. The molecule has 1 aliphatic rings. The van der Waals surface area contributed by atoms with Crippen molar-refractivity contribution >= 4 is 5.69 Å². The Morgan fingerprint density at radius 2 is 2.22 bits per heavy atom. The second-order valence-electron chi connectivity index (χ2n) is 4.31. The van der Waals surface area contributed by atoms with Crippen molar-refractivity contribution in [1.29, 1.82) is 0 Å². The lowest BCUT2D eigenvalue weighted by molar-refractivity contribution is -0.386. The molecular weight excluding hydrogens is 234 g/mol. The zero-order valence-electron chi connectivity index (χ0n) is 10.7. The van der Waals surface area contributed by atoms with Gasteiger partial charge in [0.1, 0.15) is 0 Å². The summed E-state index contributed by atoms with van der Waals surface area (Å²) in [7, 11) is 1.41. The topological polar surface area (TPSA) is 68.5 Å². The van der Waals surface area contributed by atoms with Crippen LogP contribution in [0.3, 0.4) is 0 Å². The monoisotopic (exact) mass is 251 g/mol. The molecule has 6 heteroatoms. The Morgan fingerprint density at radius 1 is 1.50 bits per heavy atom. The molecule has 6 nitrogen and oxygen atoms in total. The second-order valence-corrected chi connectivity index (χ2v) is 4.31. The van der Waals surface area contributed by atoms with Crippen LogP contribution in [0.2, 0.25) is 0 Å². The number of nitrogens with zero attached hydrogens (tertiary/aromatic N) is 3.